The number of primary sulfonamides is 1. The summed E-state index contributed by atoms with van der Waals surface area (Å²) in [5, 5.41) is 21.3. The highest BCUT2D eigenvalue weighted by molar-refractivity contribution is 7.89. The first kappa shape index (κ1) is 14.4. The Morgan fingerprint density at radius 2 is 1.95 bits per heavy atom. The summed E-state index contributed by atoms with van der Waals surface area (Å²) in [6, 6.07) is 6.35. The van der Waals surface area contributed by atoms with Crippen molar-refractivity contribution in [1.82, 2.24) is 20.0 Å². The van der Waals surface area contributed by atoms with Gasteiger partial charge in [0, 0.05) is 13.6 Å². The maximum Gasteiger partial charge on any atom is 0.238 e. The van der Waals surface area contributed by atoms with Gasteiger partial charge >= 0.3 is 0 Å². The van der Waals surface area contributed by atoms with Crippen LogP contribution in [0.2, 0.25) is 0 Å². The molecule has 2 heterocycles. The fourth-order valence-electron chi connectivity index (χ4n) is 2.09. The number of hydrogen-bond acceptors (Lipinski definition) is 6. The second-order valence-corrected chi connectivity index (χ2v) is 6.36. The summed E-state index contributed by atoms with van der Waals surface area (Å²) in [7, 11) is -1.83. The Bertz CT molecular complexity index is 917. The topological polar surface area (TPSA) is 116 Å². The van der Waals surface area contributed by atoms with Crippen molar-refractivity contribution in [2.45, 2.75) is 11.4 Å². The summed E-state index contributed by atoms with van der Waals surface area (Å²) in [6.07, 6.45) is 3.37. The lowest BCUT2D eigenvalue weighted by Crippen LogP contribution is -2.12. The van der Waals surface area contributed by atoms with Crippen molar-refractivity contribution in [3.63, 3.8) is 0 Å². The lowest BCUT2D eigenvalue weighted by Gasteiger charge is -2.06. The summed E-state index contributed by atoms with van der Waals surface area (Å²) in [6.45, 7) is 0.480. The molecule has 1 aromatic carbocycles. The maximum atomic E-state index is 11.2. The molecule has 0 spiro atoms. The minimum Gasteiger partial charge on any atom is -0.364 e. The summed E-state index contributed by atoms with van der Waals surface area (Å²) < 4.78 is 24.1. The lowest BCUT2D eigenvalue weighted by molar-refractivity contribution is 0.598. The summed E-state index contributed by atoms with van der Waals surface area (Å²) in [5.41, 5.74) is 1.78. The predicted molar refractivity (Wildman–Crippen MR) is 81.4 cm³/mol. The zero-order chi connectivity index (χ0) is 15.7. The molecule has 114 valence electrons. The van der Waals surface area contributed by atoms with Gasteiger partial charge < -0.3 is 5.32 Å². The van der Waals surface area contributed by atoms with Gasteiger partial charge in [-0.15, -0.1) is 5.10 Å². The van der Waals surface area contributed by atoms with Gasteiger partial charge in [-0.25, -0.2) is 13.6 Å². The monoisotopic (exact) mass is 318 g/mol. The molecule has 9 heteroatoms. The molecule has 0 bridgehead atoms. The zero-order valence-electron chi connectivity index (χ0n) is 11.8. The third-order valence-electron chi connectivity index (χ3n) is 3.29. The van der Waals surface area contributed by atoms with E-state index in [2.05, 4.69) is 20.6 Å². The number of sulfonamides is 1. The Morgan fingerprint density at radius 3 is 2.64 bits per heavy atom. The second kappa shape index (κ2) is 5.35. The highest BCUT2D eigenvalue weighted by Gasteiger charge is 2.09. The van der Waals surface area contributed by atoms with Crippen LogP contribution in [-0.2, 0) is 23.6 Å². The van der Waals surface area contributed by atoms with E-state index < -0.39 is 10.0 Å². The molecule has 0 saturated heterocycles. The molecule has 0 amide bonds. The number of hydrogen-bond donors (Lipinski definition) is 2. The van der Waals surface area contributed by atoms with Crippen LogP contribution >= 0.6 is 0 Å². The number of fused-ring (bicyclic) bond motifs is 1. The standard InChI is InChI=1S/C13H14N6O2S/c1-19-12-8-16-18-13(11(12)7-17-19)15-6-9-2-4-10(5-3-9)22(14,20)21/h2-5,7-8H,6H2,1H3,(H,15,18)(H2,14,20,21). The molecule has 3 N–H and O–H groups in total. The van der Waals surface area contributed by atoms with Crippen molar-refractivity contribution in [3.8, 4) is 0 Å². The summed E-state index contributed by atoms with van der Waals surface area (Å²) >= 11 is 0. The minimum atomic E-state index is -3.67. The van der Waals surface area contributed by atoms with Crippen LogP contribution < -0.4 is 10.5 Å². The van der Waals surface area contributed by atoms with Crippen LogP contribution in [0.3, 0.4) is 0 Å². The van der Waals surface area contributed by atoms with Gasteiger partial charge in [0.15, 0.2) is 5.82 Å². The quantitative estimate of drug-likeness (QED) is 0.728. The molecule has 2 aromatic heterocycles. The highest BCUT2D eigenvalue weighted by Crippen LogP contribution is 2.19. The first-order chi connectivity index (χ1) is 10.4. The molecule has 0 saturated carbocycles. The molecule has 22 heavy (non-hydrogen) atoms. The molecule has 0 aliphatic carbocycles. The van der Waals surface area contributed by atoms with Gasteiger partial charge in [-0.05, 0) is 17.7 Å². The highest BCUT2D eigenvalue weighted by atomic mass is 32.2. The summed E-state index contributed by atoms with van der Waals surface area (Å²) in [4.78, 5) is 0.0883. The normalized spacial score (nSPS) is 11.7. The molecule has 0 atom stereocenters. The number of nitrogens with two attached hydrogens (primary N) is 1. The van der Waals surface area contributed by atoms with Crippen LogP contribution in [0.5, 0.6) is 0 Å². The van der Waals surface area contributed by atoms with Crippen molar-refractivity contribution < 1.29 is 8.42 Å². The Hall–Kier alpha value is -2.52. The van der Waals surface area contributed by atoms with Gasteiger partial charge in [0.05, 0.1) is 28.2 Å². The molecule has 0 unspecified atom stereocenters. The van der Waals surface area contributed by atoms with Crippen molar-refractivity contribution in [2.24, 2.45) is 12.2 Å². The first-order valence-corrected chi connectivity index (χ1v) is 7.99. The second-order valence-electron chi connectivity index (χ2n) is 4.80. The van der Waals surface area contributed by atoms with Crippen LogP contribution in [0.1, 0.15) is 5.56 Å². The van der Waals surface area contributed by atoms with E-state index in [4.69, 9.17) is 5.14 Å². The van der Waals surface area contributed by atoms with Gasteiger partial charge in [-0.3, -0.25) is 4.68 Å². The van der Waals surface area contributed by atoms with Crippen LogP contribution in [0.25, 0.3) is 10.9 Å². The van der Waals surface area contributed by atoms with E-state index in [1.165, 1.54) is 12.1 Å². The largest absolute Gasteiger partial charge is 0.364 e. The molecule has 8 nitrogen and oxygen atoms in total. The van der Waals surface area contributed by atoms with Gasteiger partial charge in [-0.2, -0.15) is 10.2 Å². The van der Waals surface area contributed by atoms with Crippen molar-refractivity contribution in [1.29, 1.82) is 0 Å². The molecule has 3 rings (SSSR count). The van der Waals surface area contributed by atoms with Crippen LogP contribution in [0.4, 0.5) is 5.82 Å². The van der Waals surface area contributed by atoms with Crippen LogP contribution in [-0.4, -0.2) is 28.4 Å². The number of anilines is 1. The average Bonchev–Trinajstić information content (AvgIpc) is 2.87. The third-order valence-corrected chi connectivity index (χ3v) is 4.22. The van der Waals surface area contributed by atoms with Crippen LogP contribution in [0, 0.1) is 0 Å². The summed E-state index contributed by atoms with van der Waals surface area (Å²) in [5.74, 6) is 0.626. The van der Waals surface area contributed by atoms with E-state index in [-0.39, 0.29) is 4.90 Å². The van der Waals surface area contributed by atoms with E-state index >= 15 is 0 Å². The molecule has 0 aliphatic heterocycles. The van der Waals surface area contributed by atoms with E-state index in [9.17, 15) is 8.42 Å². The number of rotatable bonds is 4. The molecular formula is C13H14N6O2S. The predicted octanol–water partition coefficient (Wildman–Crippen LogP) is 0.623. The molecule has 0 radical (unpaired) electrons. The van der Waals surface area contributed by atoms with E-state index in [0.717, 1.165) is 16.5 Å². The average molecular weight is 318 g/mol. The van der Waals surface area contributed by atoms with Crippen LogP contribution in [0.15, 0.2) is 41.6 Å². The van der Waals surface area contributed by atoms with E-state index in [1.807, 2.05) is 7.05 Å². The Balaban J connectivity index is 1.79. The van der Waals surface area contributed by atoms with Crippen molar-refractivity contribution in [2.75, 3.05) is 5.32 Å². The Kier molecular flexibility index (Phi) is 3.51. The number of aromatic nitrogens is 4. The third kappa shape index (κ3) is 2.76. The molecule has 0 aliphatic rings. The van der Waals surface area contributed by atoms with E-state index in [0.29, 0.717) is 12.4 Å². The van der Waals surface area contributed by atoms with Gasteiger partial charge in [0.1, 0.15) is 0 Å². The molecule has 3 aromatic rings. The number of nitrogens with one attached hydrogen (secondary N) is 1. The Morgan fingerprint density at radius 1 is 1.23 bits per heavy atom. The maximum absolute atomic E-state index is 11.2. The van der Waals surface area contributed by atoms with Crippen molar-refractivity contribution in [3.05, 3.63) is 42.2 Å². The number of aryl methyl sites for hydroxylation is 1. The minimum absolute atomic E-state index is 0.0883. The van der Waals surface area contributed by atoms with Crippen molar-refractivity contribution >= 4 is 26.7 Å². The number of nitrogens with zero attached hydrogens (tertiary/aromatic N) is 4. The molecular weight excluding hydrogens is 304 g/mol. The smallest absolute Gasteiger partial charge is 0.238 e. The fourth-order valence-corrected chi connectivity index (χ4v) is 2.61. The SMILES string of the molecule is Cn1ncc2c(NCc3ccc(S(N)(=O)=O)cc3)nncc21. The zero-order valence-corrected chi connectivity index (χ0v) is 12.6. The van der Waals surface area contributed by atoms with Gasteiger partial charge in [0.25, 0.3) is 0 Å². The first-order valence-electron chi connectivity index (χ1n) is 6.44. The van der Waals surface area contributed by atoms with E-state index in [1.54, 1.807) is 29.2 Å². The van der Waals surface area contributed by atoms with Gasteiger partial charge in [-0.1, -0.05) is 12.1 Å². The number of benzene rings is 1. The van der Waals surface area contributed by atoms with Gasteiger partial charge in [0.2, 0.25) is 10.0 Å². The molecule has 0 fully saturated rings. The Labute approximate surface area is 127 Å². The fraction of sp³-hybridized carbons (Fsp3) is 0.154. The lowest BCUT2D eigenvalue weighted by atomic mass is 10.2.